The predicted molar refractivity (Wildman–Crippen MR) is 75.3 cm³/mol. The van der Waals surface area contributed by atoms with E-state index in [9.17, 15) is 13.5 Å². The fraction of sp³-hybridized carbons (Fsp3) is 0.214. The molecule has 0 saturated heterocycles. The molecule has 0 amide bonds. The summed E-state index contributed by atoms with van der Waals surface area (Å²) < 4.78 is 26.2. The molecule has 1 aromatic heterocycles. The van der Waals surface area contributed by atoms with E-state index in [0.29, 0.717) is 11.3 Å². The third kappa shape index (κ3) is 3.04. The molecule has 1 N–H and O–H groups in total. The van der Waals surface area contributed by atoms with E-state index in [-0.39, 0.29) is 18.0 Å². The van der Waals surface area contributed by atoms with Gasteiger partial charge in [0, 0.05) is 13.2 Å². The highest BCUT2D eigenvalue weighted by Gasteiger charge is 2.23. The molecule has 6 heteroatoms. The van der Waals surface area contributed by atoms with Crippen LogP contribution in [-0.2, 0) is 23.2 Å². The highest BCUT2D eigenvalue weighted by Crippen LogP contribution is 2.20. The molecule has 1 aromatic carbocycles. The Balaban J connectivity index is 2.30. The van der Waals surface area contributed by atoms with E-state index in [0.717, 1.165) is 0 Å². The van der Waals surface area contributed by atoms with Crippen molar-refractivity contribution >= 4 is 10.0 Å². The molecular formula is C14H16N2O3S. The molecule has 2 rings (SSSR count). The van der Waals surface area contributed by atoms with E-state index >= 15 is 0 Å². The minimum absolute atomic E-state index is 0.126. The van der Waals surface area contributed by atoms with Crippen LogP contribution >= 0.6 is 0 Å². The molecule has 0 unspecified atom stereocenters. The Kier molecular flexibility index (Phi) is 4.49. The smallest absolute Gasteiger partial charge is 0.243 e. The van der Waals surface area contributed by atoms with Crippen molar-refractivity contribution in [3.63, 3.8) is 0 Å². The maximum atomic E-state index is 12.5. The molecule has 0 aliphatic rings. The average Bonchev–Trinajstić information content (AvgIpc) is 2.48. The van der Waals surface area contributed by atoms with Crippen LogP contribution in [0.2, 0.25) is 0 Å². The summed E-state index contributed by atoms with van der Waals surface area (Å²) in [5.41, 5.74) is 1.06. The molecule has 0 spiro atoms. The number of rotatable bonds is 5. The van der Waals surface area contributed by atoms with Crippen molar-refractivity contribution in [1.82, 2.24) is 9.29 Å². The Labute approximate surface area is 118 Å². The van der Waals surface area contributed by atoms with Gasteiger partial charge >= 0.3 is 0 Å². The summed E-state index contributed by atoms with van der Waals surface area (Å²) in [5.74, 6) is 0. The van der Waals surface area contributed by atoms with Crippen LogP contribution in [0.25, 0.3) is 0 Å². The first-order valence-electron chi connectivity index (χ1n) is 6.10. The van der Waals surface area contributed by atoms with Crippen LogP contribution in [0.3, 0.4) is 0 Å². The van der Waals surface area contributed by atoms with Crippen molar-refractivity contribution in [2.45, 2.75) is 18.0 Å². The normalized spacial score (nSPS) is 11.8. The zero-order chi connectivity index (χ0) is 14.6. The van der Waals surface area contributed by atoms with Gasteiger partial charge in [-0.1, -0.05) is 24.3 Å². The first-order valence-corrected chi connectivity index (χ1v) is 7.54. The van der Waals surface area contributed by atoms with Crippen LogP contribution in [-0.4, -0.2) is 29.9 Å². The van der Waals surface area contributed by atoms with E-state index in [1.807, 2.05) is 6.07 Å². The molecule has 0 bridgehead atoms. The predicted octanol–water partition coefficient (Wildman–Crippen LogP) is 1.39. The van der Waals surface area contributed by atoms with Crippen molar-refractivity contribution < 1.29 is 13.5 Å². The number of aliphatic hydroxyl groups is 1. The zero-order valence-electron chi connectivity index (χ0n) is 11.1. The Morgan fingerprint density at radius 3 is 2.50 bits per heavy atom. The molecule has 106 valence electrons. The van der Waals surface area contributed by atoms with Crippen molar-refractivity contribution in [2.75, 3.05) is 7.05 Å². The van der Waals surface area contributed by atoms with Gasteiger partial charge in [0.15, 0.2) is 0 Å². The van der Waals surface area contributed by atoms with E-state index in [1.165, 1.54) is 17.4 Å². The average molecular weight is 292 g/mol. The topological polar surface area (TPSA) is 70.5 Å². The number of sulfonamides is 1. The SMILES string of the molecule is CN(Cc1ccccn1)S(=O)(=O)c1ccccc1CO. The van der Waals surface area contributed by atoms with Gasteiger partial charge in [-0.2, -0.15) is 4.31 Å². The van der Waals surface area contributed by atoms with Crippen molar-refractivity contribution in [3.05, 3.63) is 59.9 Å². The van der Waals surface area contributed by atoms with Gasteiger partial charge in [-0.25, -0.2) is 8.42 Å². The molecule has 5 nitrogen and oxygen atoms in total. The van der Waals surface area contributed by atoms with E-state index in [4.69, 9.17) is 0 Å². The molecule has 0 saturated carbocycles. The van der Waals surface area contributed by atoms with Gasteiger partial charge in [0.25, 0.3) is 0 Å². The second-order valence-corrected chi connectivity index (χ2v) is 6.36. The monoisotopic (exact) mass is 292 g/mol. The lowest BCUT2D eigenvalue weighted by Crippen LogP contribution is -2.27. The lowest BCUT2D eigenvalue weighted by atomic mass is 10.2. The van der Waals surface area contributed by atoms with Gasteiger partial charge < -0.3 is 5.11 Å². The number of hydrogen-bond acceptors (Lipinski definition) is 4. The van der Waals surface area contributed by atoms with Gasteiger partial charge in [-0.15, -0.1) is 0 Å². The lowest BCUT2D eigenvalue weighted by molar-refractivity contribution is 0.278. The minimum atomic E-state index is -3.65. The second-order valence-electron chi connectivity index (χ2n) is 4.35. The fourth-order valence-corrected chi connectivity index (χ4v) is 3.21. The van der Waals surface area contributed by atoms with Crippen LogP contribution in [0.5, 0.6) is 0 Å². The Hall–Kier alpha value is -1.76. The highest BCUT2D eigenvalue weighted by atomic mass is 32.2. The maximum Gasteiger partial charge on any atom is 0.243 e. The van der Waals surface area contributed by atoms with Gasteiger partial charge in [0.1, 0.15) is 0 Å². The fourth-order valence-electron chi connectivity index (χ4n) is 1.86. The summed E-state index contributed by atoms with van der Waals surface area (Å²) in [6, 6.07) is 11.8. The van der Waals surface area contributed by atoms with Crippen molar-refractivity contribution in [3.8, 4) is 0 Å². The van der Waals surface area contributed by atoms with Crippen molar-refractivity contribution in [2.24, 2.45) is 0 Å². The van der Waals surface area contributed by atoms with Gasteiger partial charge in [0.2, 0.25) is 10.0 Å². The van der Waals surface area contributed by atoms with E-state index in [1.54, 1.807) is 36.5 Å². The number of benzene rings is 1. The van der Waals surface area contributed by atoms with E-state index in [2.05, 4.69) is 4.98 Å². The Morgan fingerprint density at radius 1 is 1.15 bits per heavy atom. The highest BCUT2D eigenvalue weighted by molar-refractivity contribution is 7.89. The quantitative estimate of drug-likeness (QED) is 0.904. The van der Waals surface area contributed by atoms with Crippen LogP contribution in [0, 0.1) is 0 Å². The summed E-state index contributed by atoms with van der Waals surface area (Å²) in [6.45, 7) is -0.129. The van der Waals surface area contributed by atoms with Crippen LogP contribution in [0.4, 0.5) is 0 Å². The maximum absolute atomic E-state index is 12.5. The molecule has 20 heavy (non-hydrogen) atoms. The molecule has 0 fully saturated rings. The molecule has 0 atom stereocenters. The second kappa shape index (κ2) is 6.13. The lowest BCUT2D eigenvalue weighted by Gasteiger charge is -2.18. The minimum Gasteiger partial charge on any atom is -0.392 e. The standard InChI is InChI=1S/C14H16N2O3S/c1-16(10-13-7-4-5-9-15-13)20(18,19)14-8-3-2-6-12(14)11-17/h2-9,17H,10-11H2,1H3. The molecule has 2 aromatic rings. The first kappa shape index (κ1) is 14.6. The zero-order valence-corrected chi connectivity index (χ0v) is 11.9. The number of nitrogens with zero attached hydrogens (tertiary/aromatic N) is 2. The van der Waals surface area contributed by atoms with Crippen LogP contribution in [0.1, 0.15) is 11.3 Å². The Bertz CT molecular complexity index is 672. The Morgan fingerprint density at radius 2 is 1.85 bits per heavy atom. The number of hydrogen-bond donors (Lipinski definition) is 1. The van der Waals surface area contributed by atoms with Crippen LogP contribution in [0.15, 0.2) is 53.6 Å². The van der Waals surface area contributed by atoms with Gasteiger partial charge in [-0.3, -0.25) is 4.98 Å². The summed E-state index contributed by atoms with van der Waals surface area (Å²) in [5, 5.41) is 9.26. The summed E-state index contributed by atoms with van der Waals surface area (Å²) in [4.78, 5) is 4.24. The summed E-state index contributed by atoms with van der Waals surface area (Å²) in [7, 11) is -2.15. The largest absolute Gasteiger partial charge is 0.392 e. The van der Waals surface area contributed by atoms with E-state index < -0.39 is 10.0 Å². The first-order chi connectivity index (χ1) is 9.55. The molecule has 0 aliphatic carbocycles. The number of aromatic nitrogens is 1. The summed E-state index contributed by atoms with van der Waals surface area (Å²) in [6.07, 6.45) is 1.62. The molecule has 0 radical (unpaired) electrons. The molecule has 1 heterocycles. The third-order valence-electron chi connectivity index (χ3n) is 2.94. The van der Waals surface area contributed by atoms with Crippen LogP contribution < -0.4 is 0 Å². The molecular weight excluding hydrogens is 276 g/mol. The van der Waals surface area contributed by atoms with Gasteiger partial charge in [0.05, 0.1) is 23.7 Å². The van der Waals surface area contributed by atoms with Crippen molar-refractivity contribution in [1.29, 1.82) is 0 Å². The third-order valence-corrected chi connectivity index (χ3v) is 4.85. The summed E-state index contributed by atoms with van der Waals surface area (Å²) >= 11 is 0. The van der Waals surface area contributed by atoms with Gasteiger partial charge in [-0.05, 0) is 23.8 Å². The molecule has 0 aliphatic heterocycles. The number of aliphatic hydroxyl groups excluding tert-OH is 1. The number of pyridine rings is 1.